The Morgan fingerprint density at radius 3 is 2.26 bits per heavy atom. The number of carbonyl (C=O) groups is 4. The first-order valence-corrected chi connectivity index (χ1v) is 19.4. The minimum Gasteiger partial charge on any atom is -0.463 e. The first-order chi connectivity index (χ1) is 27.8. The minimum absolute atomic E-state index is 0.0561. The number of aromatic nitrogens is 1. The molecule has 2 aromatic carbocycles. The maximum Gasteiger partial charge on any atom is 0.417 e. The lowest BCUT2D eigenvalue weighted by molar-refractivity contribution is -0.139. The molecule has 2 aliphatic carbocycles. The van der Waals surface area contributed by atoms with E-state index in [0.717, 1.165) is 5.69 Å². The number of morpholine rings is 1. The van der Waals surface area contributed by atoms with Crippen molar-refractivity contribution in [2.45, 2.75) is 37.0 Å². The van der Waals surface area contributed by atoms with E-state index in [1.807, 2.05) is 18.2 Å². The molecule has 6 atom stereocenters. The maximum absolute atomic E-state index is 15.3. The number of hydrazine groups is 1. The van der Waals surface area contributed by atoms with Crippen molar-refractivity contribution in [3.8, 4) is 0 Å². The fourth-order valence-electron chi connectivity index (χ4n) is 9.61. The van der Waals surface area contributed by atoms with Gasteiger partial charge in [0.05, 0.1) is 53.2 Å². The summed E-state index contributed by atoms with van der Waals surface area (Å²) in [5.74, 6) is -6.98. The molecule has 0 bridgehead atoms. The van der Waals surface area contributed by atoms with Gasteiger partial charge in [-0.2, -0.15) is 18.2 Å². The number of aliphatic hydroxyl groups is 1. The average molecular weight is 837 g/mol. The first kappa shape index (κ1) is 38.3. The smallest absolute Gasteiger partial charge is 0.417 e. The number of benzene rings is 2. The number of fused-ring (bicyclic) bond motifs is 4. The van der Waals surface area contributed by atoms with E-state index in [0.29, 0.717) is 65.4 Å². The van der Waals surface area contributed by atoms with Gasteiger partial charge in [-0.15, -0.1) is 0 Å². The molecular formula is C41H34Cl2F3N5O7. The lowest BCUT2D eigenvalue weighted by Crippen LogP contribution is -2.53. The number of amides is 4. The topological polar surface area (TPSA) is 146 Å². The Kier molecular flexibility index (Phi) is 9.41. The van der Waals surface area contributed by atoms with Crippen LogP contribution in [-0.2, 0) is 42.1 Å². The molecule has 5 aliphatic rings. The van der Waals surface area contributed by atoms with E-state index < -0.39 is 76.1 Å². The van der Waals surface area contributed by atoms with Crippen molar-refractivity contribution in [3.63, 3.8) is 0 Å². The fourth-order valence-corrected chi connectivity index (χ4v) is 9.95. The number of hydrogen-bond acceptors (Lipinski definition) is 10. The Balaban J connectivity index is 1.14. The summed E-state index contributed by atoms with van der Waals surface area (Å²) in [5, 5.41) is 10.6. The van der Waals surface area contributed by atoms with Crippen LogP contribution in [0, 0.1) is 23.7 Å². The SMILES string of the molecule is O=C1C2CC3C(=CCC4C(=O)N(c5ccc(N6CCOCC6)cc5)C(=O)C43)C(c3ccc(CO)o3)C2(c2ccc(Cl)cc2)C(=O)N1Nc1ncc(C(F)(F)F)cc1Cl. The average Bonchev–Trinajstić information content (AvgIpc) is 3.86. The van der Waals surface area contributed by atoms with Crippen LogP contribution in [0.4, 0.5) is 30.4 Å². The highest BCUT2D eigenvalue weighted by Gasteiger charge is 2.71. The molecule has 6 unspecified atom stereocenters. The predicted octanol–water partition coefficient (Wildman–Crippen LogP) is 6.52. The molecule has 0 spiro atoms. The number of imide groups is 2. The van der Waals surface area contributed by atoms with E-state index in [9.17, 15) is 32.7 Å². The van der Waals surface area contributed by atoms with Gasteiger partial charge in [-0.1, -0.05) is 47.0 Å². The molecule has 0 radical (unpaired) electrons. The molecule has 300 valence electrons. The predicted molar refractivity (Wildman–Crippen MR) is 203 cm³/mol. The molecule has 5 heterocycles. The molecule has 12 nitrogen and oxygen atoms in total. The van der Waals surface area contributed by atoms with Crippen molar-refractivity contribution in [1.82, 2.24) is 9.99 Å². The largest absolute Gasteiger partial charge is 0.463 e. The second-order valence-electron chi connectivity index (χ2n) is 15.0. The maximum atomic E-state index is 15.3. The molecule has 4 fully saturated rings. The molecule has 9 rings (SSSR count). The van der Waals surface area contributed by atoms with Gasteiger partial charge in [0.15, 0.2) is 5.82 Å². The second kappa shape index (κ2) is 14.3. The molecule has 2 N–H and O–H groups in total. The summed E-state index contributed by atoms with van der Waals surface area (Å²) < 4.78 is 52.1. The van der Waals surface area contributed by atoms with Crippen molar-refractivity contribution >= 4 is 64.0 Å². The molecule has 3 saturated heterocycles. The highest BCUT2D eigenvalue weighted by molar-refractivity contribution is 6.33. The van der Waals surface area contributed by atoms with Gasteiger partial charge in [0.2, 0.25) is 11.8 Å². The number of anilines is 3. The fraction of sp³-hybridized carbons (Fsp3) is 0.341. The van der Waals surface area contributed by atoms with Gasteiger partial charge in [0, 0.05) is 30.0 Å². The van der Waals surface area contributed by atoms with Gasteiger partial charge >= 0.3 is 6.18 Å². The van der Waals surface area contributed by atoms with Crippen LogP contribution >= 0.6 is 23.2 Å². The van der Waals surface area contributed by atoms with Crippen LogP contribution in [0.1, 0.15) is 41.4 Å². The van der Waals surface area contributed by atoms with Crippen molar-refractivity contribution in [3.05, 3.63) is 117 Å². The van der Waals surface area contributed by atoms with Crippen LogP contribution in [0.25, 0.3) is 0 Å². The van der Waals surface area contributed by atoms with E-state index in [1.54, 1.807) is 48.5 Å². The number of nitrogens with zero attached hydrogens (tertiary/aromatic N) is 4. The summed E-state index contributed by atoms with van der Waals surface area (Å²) >= 11 is 12.6. The molecule has 58 heavy (non-hydrogen) atoms. The molecule has 17 heteroatoms. The van der Waals surface area contributed by atoms with Crippen LogP contribution < -0.4 is 15.2 Å². The number of carbonyl (C=O) groups excluding carboxylic acids is 4. The Morgan fingerprint density at radius 1 is 0.897 bits per heavy atom. The summed E-state index contributed by atoms with van der Waals surface area (Å²) in [6.07, 6.45) is -2.27. The van der Waals surface area contributed by atoms with E-state index in [1.165, 1.54) is 4.90 Å². The van der Waals surface area contributed by atoms with Gasteiger partial charge in [-0.05, 0) is 78.9 Å². The minimum atomic E-state index is -4.76. The molecule has 4 amide bonds. The van der Waals surface area contributed by atoms with Crippen molar-refractivity contribution in [1.29, 1.82) is 0 Å². The number of furan rings is 1. The zero-order valence-corrected chi connectivity index (χ0v) is 31.9. The van der Waals surface area contributed by atoms with Crippen molar-refractivity contribution in [2.24, 2.45) is 23.7 Å². The van der Waals surface area contributed by atoms with Gasteiger partial charge in [0.25, 0.3) is 11.8 Å². The first-order valence-electron chi connectivity index (χ1n) is 18.7. The number of nitrogens with one attached hydrogen (secondary N) is 1. The Labute approximate surface area is 339 Å². The van der Waals surface area contributed by atoms with Crippen LogP contribution in [0.2, 0.25) is 10.0 Å². The molecule has 3 aliphatic heterocycles. The number of aliphatic hydroxyl groups excluding tert-OH is 1. The zero-order chi connectivity index (χ0) is 40.7. The number of ether oxygens (including phenoxy) is 1. The summed E-state index contributed by atoms with van der Waals surface area (Å²) in [5.41, 5.74) is 2.02. The second-order valence-corrected chi connectivity index (χ2v) is 15.9. The molecule has 2 aromatic heterocycles. The van der Waals surface area contributed by atoms with Crippen LogP contribution in [0.15, 0.2) is 89.0 Å². The molecular weight excluding hydrogens is 802 g/mol. The van der Waals surface area contributed by atoms with Crippen molar-refractivity contribution < 1.29 is 46.6 Å². The van der Waals surface area contributed by atoms with Crippen LogP contribution in [0.5, 0.6) is 0 Å². The number of rotatable bonds is 7. The van der Waals surface area contributed by atoms with Gasteiger partial charge in [-0.25, -0.2) is 4.98 Å². The summed E-state index contributed by atoms with van der Waals surface area (Å²) in [4.78, 5) is 66.1. The van der Waals surface area contributed by atoms with E-state index in [2.05, 4.69) is 15.3 Å². The number of hydrogen-bond donors (Lipinski definition) is 2. The van der Waals surface area contributed by atoms with Crippen LogP contribution in [0.3, 0.4) is 0 Å². The Bertz CT molecular complexity index is 2370. The van der Waals surface area contributed by atoms with Gasteiger partial charge in [0.1, 0.15) is 23.5 Å². The Morgan fingerprint density at radius 2 is 1.60 bits per heavy atom. The third-order valence-electron chi connectivity index (χ3n) is 12.2. The highest BCUT2D eigenvalue weighted by atomic mass is 35.5. The number of halogens is 5. The zero-order valence-electron chi connectivity index (χ0n) is 30.4. The summed E-state index contributed by atoms with van der Waals surface area (Å²) in [7, 11) is 0. The summed E-state index contributed by atoms with van der Waals surface area (Å²) in [6, 6.07) is 17.4. The molecule has 4 aromatic rings. The van der Waals surface area contributed by atoms with Gasteiger partial charge in [-0.3, -0.25) is 29.5 Å². The van der Waals surface area contributed by atoms with E-state index in [4.69, 9.17) is 32.4 Å². The third kappa shape index (κ3) is 5.92. The van der Waals surface area contributed by atoms with Gasteiger partial charge < -0.3 is 19.2 Å². The monoisotopic (exact) mass is 835 g/mol. The normalized spacial score (nSPS) is 27.1. The molecule has 1 saturated carbocycles. The Hall–Kier alpha value is -5.22. The standard InChI is InChI=1S/C41H34Cl2F3N5O7/c42-23-3-1-21(2-4-23)40-30(37(54)51(39(40)56)48-35-31(43)17-22(19-47-35)41(44,45)46)18-29-27(34(40)32-12-9-26(20-52)58-32)10-11-28-33(29)38(55)50(36(28)53)25-7-5-24(6-8-25)49-13-15-57-16-14-49/h1-10,12,17,19,28-30,33-34,52H,11,13-16,18,20H2,(H,47,48). The quantitative estimate of drug-likeness (QED) is 0.156. The third-order valence-corrected chi connectivity index (χ3v) is 12.7. The summed E-state index contributed by atoms with van der Waals surface area (Å²) in [6.45, 7) is 2.12. The van der Waals surface area contributed by atoms with Crippen molar-refractivity contribution in [2.75, 3.05) is 41.5 Å². The lowest BCUT2D eigenvalue weighted by Gasteiger charge is -2.49. The lowest BCUT2D eigenvalue weighted by atomic mass is 9.50. The number of alkyl halides is 3. The number of pyridine rings is 1. The number of allylic oxidation sites excluding steroid dienone is 2. The van der Waals surface area contributed by atoms with E-state index >= 15 is 4.79 Å². The highest BCUT2D eigenvalue weighted by Crippen LogP contribution is 2.64. The van der Waals surface area contributed by atoms with Crippen LogP contribution in [-0.4, -0.2) is 65.0 Å². The van der Waals surface area contributed by atoms with E-state index in [-0.39, 0.29) is 36.1 Å².